The topological polar surface area (TPSA) is 65.5 Å². The highest BCUT2D eigenvalue weighted by molar-refractivity contribution is 6.12. The van der Waals surface area contributed by atoms with Gasteiger partial charge in [-0.15, -0.1) is 0 Å². The number of benzene rings is 1. The summed E-state index contributed by atoms with van der Waals surface area (Å²) >= 11 is 0. The van der Waals surface area contributed by atoms with Gasteiger partial charge < -0.3 is 9.47 Å². The van der Waals surface area contributed by atoms with Crippen molar-refractivity contribution < 1.29 is 19.1 Å². The Kier molecular flexibility index (Phi) is 3.87. The van der Waals surface area contributed by atoms with E-state index in [1.165, 1.54) is 7.11 Å². The van der Waals surface area contributed by atoms with Gasteiger partial charge in [-0.2, -0.15) is 0 Å². The van der Waals surface area contributed by atoms with Crippen LogP contribution in [0, 0.1) is 5.92 Å². The van der Waals surface area contributed by atoms with Gasteiger partial charge in [-0.25, -0.2) is 4.98 Å². The molecule has 112 valence electrons. The van der Waals surface area contributed by atoms with Gasteiger partial charge in [0.05, 0.1) is 7.11 Å². The SMILES string of the molecule is COC(=O)[C@H]1Cc2cnc(OCc3ccccc3)cc2C1=O. The van der Waals surface area contributed by atoms with E-state index in [4.69, 9.17) is 4.74 Å². The summed E-state index contributed by atoms with van der Waals surface area (Å²) in [7, 11) is 1.28. The number of Topliss-reactive ketones (excluding diaryl/α,β-unsaturated/α-hetero) is 1. The van der Waals surface area contributed by atoms with Gasteiger partial charge >= 0.3 is 5.97 Å². The van der Waals surface area contributed by atoms with Crippen molar-refractivity contribution in [2.45, 2.75) is 13.0 Å². The van der Waals surface area contributed by atoms with E-state index in [1.54, 1.807) is 12.3 Å². The Labute approximate surface area is 127 Å². The number of methoxy groups -OCH3 is 1. The number of aromatic nitrogens is 1. The van der Waals surface area contributed by atoms with Crippen LogP contribution in [0.3, 0.4) is 0 Å². The van der Waals surface area contributed by atoms with Crippen LogP contribution in [0.15, 0.2) is 42.6 Å². The molecule has 0 N–H and O–H groups in total. The summed E-state index contributed by atoms with van der Waals surface area (Å²) in [6.45, 7) is 0.376. The molecule has 5 nitrogen and oxygen atoms in total. The zero-order valence-corrected chi connectivity index (χ0v) is 12.1. The second kappa shape index (κ2) is 5.97. The van der Waals surface area contributed by atoms with Gasteiger partial charge in [0, 0.05) is 17.8 Å². The quantitative estimate of drug-likeness (QED) is 0.639. The predicted molar refractivity (Wildman–Crippen MR) is 78.6 cm³/mol. The summed E-state index contributed by atoms with van der Waals surface area (Å²) in [5.74, 6) is -1.12. The van der Waals surface area contributed by atoms with Crippen LogP contribution in [-0.2, 0) is 22.6 Å². The summed E-state index contributed by atoms with van der Waals surface area (Å²) in [5, 5.41) is 0. The number of fused-ring (bicyclic) bond motifs is 1. The third-order valence-corrected chi connectivity index (χ3v) is 3.68. The maximum atomic E-state index is 12.2. The summed E-state index contributed by atoms with van der Waals surface area (Å²) in [4.78, 5) is 28.0. The number of carbonyl (C=O) groups excluding carboxylic acids is 2. The second-order valence-electron chi connectivity index (χ2n) is 5.10. The standard InChI is InChI=1S/C17H15NO4/c1-21-17(20)14-7-12-9-18-15(8-13(12)16(14)19)22-10-11-5-3-2-4-6-11/h2-6,8-9,14H,7,10H2,1H3/t14-/m0/s1. The molecule has 1 atom stereocenters. The Morgan fingerprint density at radius 3 is 2.82 bits per heavy atom. The third kappa shape index (κ3) is 2.70. The highest BCUT2D eigenvalue weighted by atomic mass is 16.5. The van der Waals surface area contributed by atoms with Crippen LogP contribution in [0.5, 0.6) is 5.88 Å². The van der Waals surface area contributed by atoms with Crippen LogP contribution in [0.1, 0.15) is 21.5 Å². The lowest BCUT2D eigenvalue weighted by atomic mass is 10.1. The molecule has 0 bridgehead atoms. The fraction of sp³-hybridized carbons (Fsp3) is 0.235. The van der Waals surface area contributed by atoms with E-state index >= 15 is 0 Å². The molecule has 0 saturated carbocycles. The van der Waals surface area contributed by atoms with Crippen molar-refractivity contribution in [3.05, 3.63) is 59.3 Å². The first-order chi connectivity index (χ1) is 10.7. The summed E-state index contributed by atoms with van der Waals surface area (Å²) in [6.07, 6.45) is 1.93. The number of ketones is 1. The zero-order valence-electron chi connectivity index (χ0n) is 12.1. The van der Waals surface area contributed by atoms with Gasteiger partial charge in [0.2, 0.25) is 5.88 Å². The number of rotatable bonds is 4. The monoisotopic (exact) mass is 297 g/mol. The molecule has 1 aliphatic rings. The van der Waals surface area contributed by atoms with E-state index in [0.29, 0.717) is 24.5 Å². The first-order valence-corrected chi connectivity index (χ1v) is 6.96. The van der Waals surface area contributed by atoms with Crippen molar-refractivity contribution in [1.82, 2.24) is 4.98 Å². The van der Waals surface area contributed by atoms with E-state index in [9.17, 15) is 9.59 Å². The molecule has 1 aliphatic carbocycles. The molecular weight excluding hydrogens is 282 g/mol. The number of ether oxygens (including phenoxy) is 2. The van der Waals surface area contributed by atoms with E-state index in [2.05, 4.69) is 9.72 Å². The number of pyridine rings is 1. The summed E-state index contributed by atoms with van der Waals surface area (Å²) < 4.78 is 10.3. The van der Waals surface area contributed by atoms with Gasteiger partial charge in [-0.3, -0.25) is 9.59 Å². The summed E-state index contributed by atoms with van der Waals surface area (Å²) in [6, 6.07) is 11.3. The van der Waals surface area contributed by atoms with Gasteiger partial charge in [-0.05, 0) is 17.5 Å². The highest BCUT2D eigenvalue weighted by Crippen LogP contribution is 2.29. The minimum Gasteiger partial charge on any atom is -0.473 e. The lowest BCUT2D eigenvalue weighted by molar-refractivity contribution is -0.143. The minimum atomic E-state index is -0.758. The van der Waals surface area contributed by atoms with Crippen LogP contribution in [0.2, 0.25) is 0 Å². The summed E-state index contributed by atoms with van der Waals surface area (Å²) in [5.41, 5.74) is 2.27. The predicted octanol–water partition coefficient (Wildman–Crippen LogP) is 2.19. The van der Waals surface area contributed by atoms with Gasteiger partial charge in [-0.1, -0.05) is 30.3 Å². The molecule has 0 unspecified atom stereocenters. The van der Waals surface area contributed by atoms with Crippen molar-refractivity contribution in [3.8, 4) is 5.88 Å². The van der Waals surface area contributed by atoms with Crippen molar-refractivity contribution in [1.29, 1.82) is 0 Å². The molecule has 0 amide bonds. The van der Waals surface area contributed by atoms with Crippen LogP contribution < -0.4 is 4.74 Å². The largest absolute Gasteiger partial charge is 0.473 e. The number of nitrogens with zero attached hydrogens (tertiary/aromatic N) is 1. The maximum absolute atomic E-state index is 12.2. The van der Waals surface area contributed by atoms with E-state index in [1.807, 2.05) is 30.3 Å². The second-order valence-corrected chi connectivity index (χ2v) is 5.10. The molecule has 1 aromatic heterocycles. The molecule has 0 aliphatic heterocycles. The molecule has 3 rings (SSSR count). The van der Waals surface area contributed by atoms with Crippen LogP contribution >= 0.6 is 0 Å². The molecule has 5 heteroatoms. The van der Waals surface area contributed by atoms with Crippen LogP contribution in [0.25, 0.3) is 0 Å². The smallest absolute Gasteiger partial charge is 0.316 e. The Bertz CT molecular complexity index is 712. The molecule has 0 fully saturated rings. The average Bonchev–Trinajstić information content (AvgIpc) is 2.90. The van der Waals surface area contributed by atoms with Crippen molar-refractivity contribution >= 4 is 11.8 Å². The van der Waals surface area contributed by atoms with Crippen LogP contribution in [-0.4, -0.2) is 23.8 Å². The Morgan fingerprint density at radius 2 is 2.09 bits per heavy atom. The van der Waals surface area contributed by atoms with E-state index < -0.39 is 11.9 Å². The minimum absolute atomic E-state index is 0.228. The lowest BCUT2D eigenvalue weighted by Crippen LogP contribution is -2.21. The number of hydrogen-bond donors (Lipinski definition) is 0. The highest BCUT2D eigenvalue weighted by Gasteiger charge is 2.37. The third-order valence-electron chi connectivity index (χ3n) is 3.68. The molecule has 0 spiro atoms. The first-order valence-electron chi connectivity index (χ1n) is 6.96. The van der Waals surface area contributed by atoms with Gasteiger partial charge in [0.1, 0.15) is 12.5 Å². The Hall–Kier alpha value is -2.69. The molecule has 2 aromatic rings. The fourth-order valence-corrected chi connectivity index (χ4v) is 2.50. The molecule has 22 heavy (non-hydrogen) atoms. The number of carbonyl (C=O) groups is 2. The lowest BCUT2D eigenvalue weighted by Gasteiger charge is -2.06. The molecular formula is C17H15NO4. The normalized spacial score (nSPS) is 16.2. The van der Waals surface area contributed by atoms with E-state index in [-0.39, 0.29) is 5.78 Å². The Balaban J connectivity index is 1.74. The molecule has 1 heterocycles. The fourth-order valence-electron chi connectivity index (χ4n) is 2.50. The zero-order chi connectivity index (χ0) is 15.5. The number of hydrogen-bond acceptors (Lipinski definition) is 5. The van der Waals surface area contributed by atoms with Crippen LogP contribution in [0.4, 0.5) is 0 Å². The van der Waals surface area contributed by atoms with Crippen molar-refractivity contribution in [3.63, 3.8) is 0 Å². The first kappa shape index (κ1) is 14.3. The van der Waals surface area contributed by atoms with Crippen molar-refractivity contribution in [2.75, 3.05) is 7.11 Å². The maximum Gasteiger partial charge on any atom is 0.316 e. The average molecular weight is 297 g/mol. The molecule has 0 saturated heterocycles. The Morgan fingerprint density at radius 1 is 1.32 bits per heavy atom. The number of esters is 1. The van der Waals surface area contributed by atoms with E-state index in [0.717, 1.165) is 11.1 Å². The molecule has 1 aromatic carbocycles. The molecule has 0 radical (unpaired) electrons. The van der Waals surface area contributed by atoms with Gasteiger partial charge in [0.25, 0.3) is 0 Å². The van der Waals surface area contributed by atoms with Crippen molar-refractivity contribution in [2.24, 2.45) is 5.92 Å². The van der Waals surface area contributed by atoms with Gasteiger partial charge in [0.15, 0.2) is 5.78 Å².